The Labute approximate surface area is 94.3 Å². The van der Waals surface area contributed by atoms with Gasteiger partial charge in [0.05, 0.1) is 0 Å². The first kappa shape index (κ1) is 12.2. The van der Waals surface area contributed by atoms with E-state index in [0.29, 0.717) is 0 Å². The largest absolute Gasteiger partial charge is 0.412 e. The van der Waals surface area contributed by atoms with Crippen LogP contribution in [-0.4, -0.2) is 13.1 Å². The van der Waals surface area contributed by atoms with Gasteiger partial charge in [0, 0.05) is 7.05 Å². The maximum Gasteiger partial charge on any atom is 0.412 e. The van der Waals surface area contributed by atoms with Crippen LogP contribution in [0.5, 0.6) is 5.75 Å². The molecule has 0 saturated carbocycles. The lowest BCUT2D eigenvalue weighted by Gasteiger charge is -2.04. The van der Waals surface area contributed by atoms with Crippen molar-refractivity contribution in [3.05, 3.63) is 40.1 Å². The molecule has 86 valence electrons. The summed E-state index contributed by atoms with van der Waals surface area (Å²) in [5.41, 5.74) is 0.636. The fourth-order valence-electron chi connectivity index (χ4n) is 1.19. The lowest BCUT2D eigenvalue weighted by molar-refractivity contribution is 0.202. The molecule has 0 aliphatic rings. The standard InChI is InChI=1S/C12H15NO3/c1-8(2)9-5-4-6-10(14)11(7-9)16-12(15)13-3/h4-8H,1-3H3,(H,13,15). The summed E-state index contributed by atoms with van der Waals surface area (Å²) >= 11 is 0. The summed E-state index contributed by atoms with van der Waals surface area (Å²) in [5.74, 6) is 0.312. The molecule has 0 saturated heterocycles. The summed E-state index contributed by atoms with van der Waals surface area (Å²) in [6.07, 6.45) is -0.641. The van der Waals surface area contributed by atoms with Crippen molar-refractivity contribution in [3.8, 4) is 5.75 Å². The molecule has 0 aliphatic heterocycles. The molecule has 0 unspecified atom stereocenters. The minimum Gasteiger partial charge on any atom is -0.406 e. The van der Waals surface area contributed by atoms with Gasteiger partial charge in [-0.1, -0.05) is 26.0 Å². The zero-order chi connectivity index (χ0) is 12.1. The van der Waals surface area contributed by atoms with Crippen LogP contribution in [0.25, 0.3) is 0 Å². The van der Waals surface area contributed by atoms with E-state index in [-0.39, 0.29) is 17.1 Å². The number of rotatable bonds is 2. The second-order valence-corrected chi connectivity index (χ2v) is 3.69. The van der Waals surface area contributed by atoms with Gasteiger partial charge in [0.2, 0.25) is 5.43 Å². The van der Waals surface area contributed by atoms with Crippen LogP contribution in [0.15, 0.2) is 29.1 Å². The quantitative estimate of drug-likeness (QED) is 0.829. The molecular weight excluding hydrogens is 206 g/mol. The minimum atomic E-state index is -0.641. The molecule has 1 amide bonds. The van der Waals surface area contributed by atoms with Gasteiger partial charge < -0.3 is 10.1 Å². The molecule has 1 aromatic carbocycles. The van der Waals surface area contributed by atoms with Gasteiger partial charge in [0.1, 0.15) is 0 Å². The molecule has 0 radical (unpaired) electrons. The smallest absolute Gasteiger partial charge is 0.406 e. The lowest BCUT2D eigenvalue weighted by Crippen LogP contribution is -2.24. The Balaban J connectivity index is 3.17. The molecule has 0 aromatic heterocycles. The zero-order valence-electron chi connectivity index (χ0n) is 9.61. The fourth-order valence-corrected chi connectivity index (χ4v) is 1.19. The number of amides is 1. The van der Waals surface area contributed by atoms with E-state index in [2.05, 4.69) is 5.32 Å². The Morgan fingerprint density at radius 2 is 2.06 bits per heavy atom. The second kappa shape index (κ2) is 5.30. The van der Waals surface area contributed by atoms with Crippen molar-refractivity contribution in [2.45, 2.75) is 19.8 Å². The third kappa shape index (κ3) is 3.08. The van der Waals surface area contributed by atoms with Gasteiger partial charge in [0.15, 0.2) is 5.75 Å². The summed E-state index contributed by atoms with van der Waals surface area (Å²) in [4.78, 5) is 22.6. The molecule has 0 bridgehead atoms. The number of hydrogen-bond donors (Lipinski definition) is 1. The van der Waals surface area contributed by atoms with Crippen LogP contribution < -0.4 is 15.5 Å². The van der Waals surface area contributed by atoms with E-state index >= 15 is 0 Å². The number of ether oxygens (including phenoxy) is 1. The van der Waals surface area contributed by atoms with Gasteiger partial charge in [-0.2, -0.15) is 0 Å². The molecule has 16 heavy (non-hydrogen) atoms. The maximum absolute atomic E-state index is 11.5. The summed E-state index contributed by atoms with van der Waals surface area (Å²) in [6.45, 7) is 4.01. The van der Waals surface area contributed by atoms with E-state index in [1.165, 1.54) is 13.1 Å². The van der Waals surface area contributed by atoms with Gasteiger partial charge in [-0.05, 0) is 23.6 Å². The molecule has 0 aliphatic carbocycles. The van der Waals surface area contributed by atoms with E-state index in [9.17, 15) is 9.59 Å². The summed E-state index contributed by atoms with van der Waals surface area (Å²) in [6, 6.07) is 6.48. The predicted molar refractivity (Wildman–Crippen MR) is 61.9 cm³/mol. The fraction of sp³-hybridized carbons (Fsp3) is 0.333. The van der Waals surface area contributed by atoms with Crippen LogP contribution in [0.4, 0.5) is 4.79 Å². The van der Waals surface area contributed by atoms with Crippen molar-refractivity contribution in [1.82, 2.24) is 5.32 Å². The first-order valence-electron chi connectivity index (χ1n) is 5.08. The average Bonchev–Trinajstić information content (AvgIpc) is 2.41. The highest BCUT2D eigenvalue weighted by molar-refractivity contribution is 5.69. The summed E-state index contributed by atoms with van der Waals surface area (Å²) in [5, 5.41) is 2.30. The number of hydrogen-bond acceptors (Lipinski definition) is 3. The molecule has 1 rings (SSSR count). The Morgan fingerprint density at radius 3 is 2.62 bits per heavy atom. The number of nitrogens with one attached hydrogen (secondary N) is 1. The molecule has 0 heterocycles. The SMILES string of the molecule is CNC(=O)Oc1cc(C(C)C)cccc1=O. The molecule has 1 aromatic rings. The first-order valence-corrected chi connectivity index (χ1v) is 5.08. The topological polar surface area (TPSA) is 55.4 Å². The van der Waals surface area contributed by atoms with Crippen LogP contribution in [0, 0.1) is 0 Å². The van der Waals surface area contributed by atoms with Gasteiger partial charge in [-0.15, -0.1) is 0 Å². The molecule has 1 N–H and O–H groups in total. The maximum atomic E-state index is 11.5. The third-order valence-corrected chi connectivity index (χ3v) is 2.15. The molecule has 4 nitrogen and oxygen atoms in total. The van der Waals surface area contributed by atoms with Crippen molar-refractivity contribution < 1.29 is 9.53 Å². The normalized spacial score (nSPS) is 10.0. The summed E-state index contributed by atoms with van der Waals surface area (Å²) < 4.78 is 4.88. The summed E-state index contributed by atoms with van der Waals surface area (Å²) in [7, 11) is 1.44. The van der Waals surface area contributed by atoms with E-state index in [4.69, 9.17) is 4.74 Å². The van der Waals surface area contributed by atoms with Gasteiger partial charge in [0.25, 0.3) is 0 Å². The van der Waals surface area contributed by atoms with Crippen LogP contribution in [-0.2, 0) is 0 Å². The van der Waals surface area contributed by atoms with Crippen LogP contribution in [0.2, 0.25) is 0 Å². The molecular formula is C12H15NO3. The Kier molecular flexibility index (Phi) is 4.05. The highest BCUT2D eigenvalue weighted by atomic mass is 16.6. The van der Waals surface area contributed by atoms with E-state index < -0.39 is 6.09 Å². The minimum absolute atomic E-state index is 0.0491. The van der Waals surface area contributed by atoms with Crippen LogP contribution >= 0.6 is 0 Å². The Hall–Kier alpha value is -1.84. The first-order chi connectivity index (χ1) is 7.54. The van der Waals surface area contributed by atoms with E-state index in [1.54, 1.807) is 12.1 Å². The van der Waals surface area contributed by atoms with Crippen molar-refractivity contribution in [2.24, 2.45) is 0 Å². The zero-order valence-corrected chi connectivity index (χ0v) is 9.61. The van der Waals surface area contributed by atoms with E-state index in [1.807, 2.05) is 19.9 Å². The average molecular weight is 221 g/mol. The number of carbonyl (C=O) groups excluding carboxylic acids is 1. The Morgan fingerprint density at radius 1 is 1.38 bits per heavy atom. The molecule has 0 atom stereocenters. The van der Waals surface area contributed by atoms with Crippen molar-refractivity contribution in [3.63, 3.8) is 0 Å². The van der Waals surface area contributed by atoms with E-state index in [0.717, 1.165) is 5.56 Å². The Bertz CT molecular complexity index is 441. The van der Waals surface area contributed by atoms with Crippen molar-refractivity contribution in [1.29, 1.82) is 0 Å². The van der Waals surface area contributed by atoms with Crippen LogP contribution in [0.1, 0.15) is 25.3 Å². The molecule has 0 fully saturated rings. The number of carbonyl (C=O) groups is 1. The lowest BCUT2D eigenvalue weighted by atomic mass is 10.1. The van der Waals surface area contributed by atoms with Gasteiger partial charge >= 0.3 is 6.09 Å². The predicted octanol–water partition coefficient (Wildman–Crippen LogP) is 1.89. The van der Waals surface area contributed by atoms with Gasteiger partial charge in [-0.25, -0.2) is 4.79 Å². The monoisotopic (exact) mass is 221 g/mol. The highest BCUT2D eigenvalue weighted by Gasteiger charge is 2.07. The second-order valence-electron chi connectivity index (χ2n) is 3.69. The van der Waals surface area contributed by atoms with Crippen molar-refractivity contribution in [2.75, 3.05) is 7.05 Å². The van der Waals surface area contributed by atoms with Crippen molar-refractivity contribution >= 4 is 6.09 Å². The highest BCUT2D eigenvalue weighted by Crippen LogP contribution is 2.16. The van der Waals surface area contributed by atoms with Crippen LogP contribution in [0.3, 0.4) is 0 Å². The molecule has 0 spiro atoms. The third-order valence-electron chi connectivity index (χ3n) is 2.15. The molecule has 4 heteroatoms. The van der Waals surface area contributed by atoms with Gasteiger partial charge in [-0.3, -0.25) is 4.79 Å².